The molecule has 30 heavy (non-hydrogen) atoms. The summed E-state index contributed by atoms with van der Waals surface area (Å²) in [5, 5.41) is 8.22. The number of hydrogen-bond donors (Lipinski definition) is 3. The summed E-state index contributed by atoms with van der Waals surface area (Å²) in [5.74, 6) is -2.09. The number of nitrogens with zero attached hydrogens (tertiary/aromatic N) is 1. The molecule has 0 saturated heterocycles. The first kappa shape index (κ1) is 22.8. The molecule has 0 radical (unpaired) electrons. The molecule has 2 aromatic carbocycles. The number of hydroxylamine groups is 1. The molecule has 160 valence electrons. The highest BCUT2D eigenvalue weighted by Gasteiger charge is 2.36. The van der Waals surface area contributed by atoms with Crippen LogP contribution in [-0.2, 0) is 19.8 Å². The number of carboxylic acids is 1. The Balaban J connectivity index is 0.000000216. The van der Waals surface area contributed by atoms with Gasteiger partial charge in [-0.1, -0.05) is 30.3 Å². The smallest absolute Gasteiger partial charge is 0.332 e. The van der Waals surface area contributed by atoms with Crippen molar-refractivity contribution in [2.45, 2.75) is 19.9 Å². The van der Waals surface area contributed by atoms with Crippen molar-refractivity contribution in [1.82, 2.24) is 9.79 Å². The number of rotatable bonds is 5. The van der Waals surface area contributed by atoms with Crippen molar-refractivity contribution in [3.63, 3.8) is 0 Å². The van der Waals surface area contributed by atoms with Crippen molar-refractivity contribution in [2.75, 3.05) is 11.3 Å². The van der Waals surface area contributed by atoms with Crippen LogP contribution in [0.4, 0.5) is 5.69 Å². The average Bonchev–Trinajstić information content (AvgIpc) is 2.68. The van der Waals surface area contributed by atoms with Crippen LogP contribution in [-0.4, -0.2) is 48.3 Å². The molecule has 0 atom stereocenters. The molecule has 0 aromatic heterocycles. The van der Waals surface area contributed by atoms with E-state index in [-0.39, 0.29) is 0 Å². The highest BCUT2D eigenvalue weighted by atomic mass is 32.2. The molecule has 0 unspecified atom stereocenters. The molecule has 2 aromatic rings. The maximum atomic E-state index is 12.0. The van der Waals surface area contributed by atoms with Gasteiger partial charge in [0.05, 0.1) is 11.3 Å². The third kappa shape index (κ3) is 5.78. The molecule has 2 amide bonds. The molecule has 0 fully saturated rings. The number of anilines is 1. The number of fused-ring (bicyclic) bond motifs is 1. The lowest BCUT2D eigenvalue weighted by Gasteiger charge is -2.31. The SMILES string of the molecule is CC(C)N1C(=O)c2ccccc2NS1(=O)=O.O=C(O)CONC(=O)c1ccccc1. The number of nitrogens with one attached hydrogen (secondary N) is 2. The Labute approximate surface area is 173 Å². The largest absolute Gasteiger partial charge is 0.479 e. The molecule has 0 aliphatic carbocycles. The van der Waals surface area contributed by atoms with Gasteiger partial charge in [0.15, 0.2) is 6.61 Å². The fourth-order valence-electron chi connectivity index (χ4n) is 2.50. The zero-order valence-electron chi connectivity index (χ0n) is 16.2. The van der Waals surface area contributed by atoms with Crippen LogP contribution in [0, 0.1) is 0 Å². The fourth-order valence-corrected chi connectivity index (χ4v) is 3.92. The normalized spacial score (nSPS) is 14.1. The monoisotopic (exact) mass is 435 g/mol. The standard InChI is InChI=1S/C10H12N2O3S.C9H9NO4/c1-7(2)12-10(13)8-5-3-4-6-9(8)11-16(12,14)15;11-8(12)6-14-10-9(13)7-4-2-1-3-5-7/h3-7,11H,1-2H3;1-5H,6H2,(H,10,13)(H,11,12). The average molecular weight is 435 g/mol. The Morgan fingerprint density at radius 3 is 2.30 bits per heavy atom. The van der Waals surface area contributed by atoms with Crippen LogP contribution < -0.4 is 10.2 Å². The van der Waals surface area contributed by atoms with Gasteiger partial charge < -0.3 is 5.11 Å². The first-order chi connectivity index (χ1) is 14.1. The van der Waals surface area contributed by atoms with E-state index < -0.39 is 40.6 Å². The summed E-state index contributed by atoms with van der Waals surface area (Å²) in [6.07, 6.45) is 0. The number of para-hydroxylation sites is 1. The van der Waals surface area contributed by atoms with Gasteiger partial charge in [0.1, 0.15) is 0 Å². The van der Waals surface area contributed by atoms with Crippen LogP contribution >= 0.6 is 0 Å². The Morgan fingerprint density at radius 2 is 1.70 bits per heavy atom. The van der Waals surface area contributed by atoms with E-state index in [0.717, 1.165) is 4.31 Å². The number of aliphatic carboxylic acids is 1. The molecule has 3 N–H and O–H groups in total. The van der Waals surface area contributed by atoms with Crippen LogP contribution in [0.25, 0.3) is 0 Å². The van der Waals surface area contributed by atoms with E-state index in [1.807, 2.05) is 5.48 Å². The molecule has 0 spiro atoms. The topological polar surface area (TPSA) is 142 Å². The quantitative estimate of drug-likeness (QED) is 0.606. The lowest BCUT2D eigenvalue weighted by Crippen LogP contribution is -2.48. The van der Waals surface area contributed by atoms with E-state index >= 15 is 0 Å². The van der Waals surface area contributed by atoms with Gasteiger partial charge >= 0.3 is 16.2 Å². The van der Waals surface area contributed by atoms with Gasteiger partial charge in [0.2, 0.25) is 0 Å². The van der Waals surface area contributed by atoms with Gasteiger partial charge in [-0.15, -0.1) is 0 Å². The summed E-state index contributed by atoms with van der Waals surface area (Å²) < 4.78 is 26.8. The molecule has 1 heterocycles. The molecular weight excluding hydrogens is 414 g/mol. The summed E-state index contributed by atoms with van der Waals surface area (Å²) in [7, 11) is -3.75. The summed E-state index contributed by atoms with van der Waals surface area (Å²) in [6, 6.07) is 14.5. The molecule has 0 bridgehead atoms. The predicted molar refractivity (Wildman–Crippen MR) is 108 cm³/mol. The van der Waals surface area contributed by atoms with Gasteiger partial charge in [0.25, 0.3) is 11.8 Å². The molecule has 11 heteroatoms. The minimum absolute atomic E-state index is 0.337. The molecule has 3 rings (SSSR count). The van der Waals surface area contributed by atoms with Crippen molar-refractivity contribution in [3.8, 4) is 0 Å². The van der Waals surface area contributed by atoms with E-state index in [0.29, 0.717) is 16.8 Å². The highest BCUT2D eigenvalue weighted by molar-refractivity contribution is 7.91. The van der Waals surface area contributed by atoms with Gasteiger partial charge in [-0.3, -0.25) is 19.1 Å². The van der Waals surface area contributed by atoms with E-state index in [4.69, 9.17) is 5.11 Å². The second-order valence-corrected chi connectivity index (χ2v) is 7.87. The maximum Gasteiger partial charge on any atom is 0.332 e. The molecule has 1 aliphatic heterocycles. The second kappa shape index (κ2) is 9.85. The van der Waals surface area contributed by atoms with Crippen molar-refractivity contribution in [3.05, 3.63) is 65.7 Å². The Bertz CT molecular complexity index is 1020. The van der Waals surface area contributed by atoms with Crippen LogP contribution in [0.3, 0.4) is 0 Å². The first-order valence-corrected chi connectivity index (χ1v) is 10.2. The van der Waals surface area contributed by atoms with Crippen molar-refractivity contribution in [1.29, 1.82) is 0 Å². The lowest BCUT2D eigenvalue weighted by molar-refractivity contribution is -0.144. The van der Waals surface area contributed by atoms with Crippen molar-refractivity contribution >= 4 is 33.7 Å². The number of carbonyl (C=O) groups excluding carboxylic acids is 2. The van der Waals surface area contributed by atoms with Crippen LogP contribution in [0.5, 0.6) is 0 Å². The van der Waals surface area contributed by atoms with Crippen LogP contribution in [0.15, 0.2) is 54.6 Å². The summed E-state index contributed by atoms with van der Waals surface area (Å²) >= 11 is 0. The zero-order valence-corrected chi connectivity index (χ0v) is 17.0. The summed E-state index contributed by atoms with van der Waals surface area (Å²) in [5.41, 5.74) is 3.14. The molecule has 0 saturated carbocycles. The van der Waals surface area contributed by atoms with Crippen molar-refractivity contribution in [2.24, 2.45) is 0 Å². The summed E-state index contributed by atoms with van der Waals surface area (Å²) in [4.78, 5) is 37.6. The minimum atomic E-state index is -3.75. The number of benzene rings is 2. The van der Waals surface area contributed by atoms with Gasteiger partial charge in [-0.25, -0.2) is 14.6 Å². The number of carbonyl (C=O) groups is 3. The van der Waals surface area contributed by atoms with E-state index in [1.165, 1.54) is 0 Å². The number of hydrogen-bond acceptors (Lipinski definition) is 6. The maximum absolute atomic E-state index is 12.0. The van der Waals surface area contributed by atoms with E-state index in [1.54, 1.807) is 68.4 Å². The van der Waals surface area contributed by atoms with Crippen LogP contribution in [0.1, 0.15) is 34.6 Å². The number of amides is 2. The van der Waals surface area contributed by atoms with Gasteiger partial charge in [0, 0.05) is 11.6 Å². The molecule has 1 aliphatic rings. The number of carboxylic acid groups (broad SMARTS) is 1. The minimum Gasteiger partial charge on any atom is -0.479 e. The van der Waals surface area contributed by atoms with E-state index in [2.05, 4.69) is 9.56 Å². The zero-order chi connectivity index (χ0) is 22.3. The van der Waals surface area contributed by atoms with Gasteiger partial charge in [-0.2, -0.15) is 8.42 Å². The first-order valence-electron chi connectivity index (χ1n) is 8.78. The summed E-state index contributed by atoms with van der Waals surface area (Å²) in [6.45, 7) is 2.76. The third-order valence-electron chi connectivity index (χ3n) is 3.72. The molecule has 10 nitrogen and oxygen atoms in total. The third-order valence-corrected chi connectivity index (χ3v) is 5.30. The van der Waals surface area contributed by atoms with Gasteiger partial charge in [-0.05, 0) is 38.1 Å². The molecular formula is C19H21N3O7S. The Morgan fingerprint density at radius 1 is 1.10 bits per heavy atom. The highest BCUT2D eigenvalue weighted by Crippen LogP contribution is 2.27. The Kier molecular flexibility index (Phi) is 7.50. The Hall–Kier alpha value is -3.44. The second-order valence-electron chi connectivity index (χ2n) is 6.33. The predicted octanol–water partition coefficient (Wildman–Crippen LogP) is 1.64. The fraction of sp³-hybridized carbons (Fsp3) is 0.211. The van der Waals surface area contributed by atoms with E-state index in [9.17, 15) is 22.8 Å². The lowest BCUT2D eigenvalue weighted by atomic mass is 10.1. The van der Waals surface area contributed by atoms with Crippen LogP contribution in [0.2, 0.25) is 0 Å². The van der Waals surface area contributed by atoms with Crippen molar-refractivity contribution < 1.29 is 32.7 Å².